The van der Waals surface area contributed by atoms with Crippen molar-refractivity contribution in [1.29, 1.82) is 0 Å². The zero-order valence-corrected chi connectivity index (χ0v) is 25.4. The predicted octanol–water partition coefficient (Wildman–Crippen LogP) is 6.34. The van der Waals surface area contributed by atoms with Crippen LogP contribution >= 0.6 is 0 Å². The first-order chi connectivity index (χ1) is 19.3. The second-order valence-electron chi connectivity index (χ2n) is 11.6. The van der Waals surface area contributed by atoms with Gasteiger partial charge in [0.2, 0.25) is 10.0 Å². The van der Waals surface area contributed by atoms with E-state index < -0.39 is 21.4 Å². The molecular weight excluding hydrogens is 534 g/mol. The summed E-state index contributed by atoms with van der Waals surface area (Å²) in [7, 11) is -3.27. The van der Waals surface area contributed by atoms with E-state index >= 15 is 0 Å². The number of hydrogen-bond acceptors (Lipinski definition) is 4. The van der Waals surface area contributed by atoms with Crippen LogP contribution in [0.1, 0.15) is 54.5 Å². The first-order valence-electron chi connectivity index (χ1n) is 14.1. The number of H-pyrrole nitrogens is 1. The van der Waals surface area contributed by atoms with Crippen molar-refractivity contribution in [2.45, 2.75) is 58.8 Å². The van der Waals surface area contributed by atoms with Crippen LogP contribution in [0.4, 0.5) is 5.69 Å². The Kier molecular flexibility index (Phi) is 9.24. The number of unbranched alkanes of at least 4 members (excludes halogenated alkanes) is 1. The second kappa shape index (κ2) is 12.5. The van der Waals surface area contributed by atoms with Gasteiger partial charge in [0.25, 0.3) is 0 Å². The van der Waals surface area contributed by atoms with Gasteiger partial charge in [-0.15, -0.1) is 0 Å². The van der Waals surface area contributed by atoms with Gasteiger partial charge >= 0.3 is 5.97 Å². The van der Waals surface area contributed by atoms with Gasteiger partial charge in [-0.25, -0.2) is 8.42 Å². The third-order valence-corrected chi connectivity index (χ3v) is 8.16. The molecule has 4 N–H and O–H groups in total. The molecule has 0 saturated carbocycles. The van der Waals surface area contributed by atoms with Crippen LogP contribution in [0.15, 0.2) is 60.7 Å². The van der Waals surface area contributed by atoms with Gasteiger partial charge in [0.15, 0.2) is 0 Å². The molecule has 41 heavy (non-hydrogen) atoms. The fourth-order valence-electron chi connectivity index (χ4n) is 5.26. The number of carboxylic acid groups (broad SMARTS) is 1. The lowest BCUT2D eigenvalue weighted by atomic mass is 9.84. The number of rotatable bonds is 13. The van der Waals surface area contributed by atoms with Crippen molar-refractivity contribution in [2.24, 2.45) is 0 Å². The minimum atomic E-state index is -3.27. The Morgan fingerprint density at radius 2 is 1.59 bits per heavy atom. The third kappa shape index (κ3) is 7.77. The maximum atomic E-state index is 12.0. The fourth-order valence-corrected chi connectivity index (χ4v) is 5.82. The van der Waals surface area contributed by atoms with Crippen LogP contribution in [0, 0.1) is 13.8 Å². The van der Waals surface area contributed by atoms with Crippen LogP contribution in [0.5, 0.6) is 0 Å². The van der Waals surface area contributed by atoms with E-state index in [4.69, 9.17) is 0 Å². The highest BCUT2D eigenvalue weighted by atomic mass is 32.2. The molecule has 0 aliphatic rings. The molecular formula is C33H41N3O4S. The van der Waals surface area contributed by atoms with Crippen LogP contribution in [0.2, 0.25) is 0 Å². The molecule has 0 amide bonds. The van der Waals surface area contributed by atoms with Gasteiger partial charge in [0.05, 0.1) is 11.7 Å². The highest BCUT2D eigenvalue weighted by Gasteiger charge is 2.30. The Balaban J connectivity index is 1.42. The van der Waals surface area contributed by atoms with Crippen LogP contribution in [-0.4, -0.2) is 43.8 Å². The van der Waals surface area contributed by atoms with Gasteiger partial charge in [0, 0.05) is 22.3 Å². The van der Waals surface area contributed by atoms with E-state index in [-0.39, 0.29) is 0 Å². The number of benzene rings is 3. The van der Waals surface area contributed by atoms with Gasteiger partial charge < -0.3 is 15.4 Å². The smallest absolute Gasteiger partial charge is 0.313 e. The van der Waals surface area contributed by atoms with Crippen LogP contribution in [0.25, 0.3) is 22.2 Å². The zero-order chi connectivity index (χ0) is 29.8. The first-order valence-corrected chi connectivity index (χ1v) is 16.0. The molecule has 0 atom stereocenters. The van der Waals surface area contributed by atoms with Gasteiger partial charge in [-0.2, -0.15) is 0 Å². The maximum absolute atomic E-state index is 12.0. The summed E-state index contributed by atoms with van der Waals surface area (Å²) in [6, 6.07) is 20.0. The lowest BCUT2D eigenvalue weighted by Gasteiger charge is -2.20. The third-order valence-electron chi connectivity index (χ3n) is 7.55. The summed E-state index contributed by atoms with van der Waals surface area (Å²) in [5, 5.41) is 14.5. The number of carboxylic acids is 1. The van der Waals surface area contributed by atoms with E-state index in [0.29, 0.717) is 5.69 Å². The molecule has 3 aromatic carbocycles. The highest BCUT2D eigenvalue weighted by molar-refractivity contribution is 7.92. The summed E-state index contributed by atoms with van der Waals surface area (Å²) in [4.78, 5) is 15.6. The molecule has 0 saturated heterocycles. The van der Waals surface area contributed by atoms with Crippen LogP contribution in [0.3, 0.4) is 0 Å². The molecule has 8 heteroatoms. The number of nitrogens with one attached hydrogen (secondary N) is 3. The molecule has 1 aromatic heterocycles. The van der Waals surface area contributed by atoms with Crippen LogP contribution < -0.4 is 10.0 Å². The molecule has 7 nitrogen and oxygen atoms in total. The minimum absolute atomic E-state index is 0.578. The molecule has 1 heterocycles. The van der Waals surface area contributed by atoms with Crippen molar-refractivity contribution >= 4 is 32.6 Å². The fraction of sp³-hybridized carbons (Fsp3) is 0.364. The number of aliphatic carboxylic acids is 1. The van der Waals surface area contributed by atoms with Crippen molar-refractivity contribution in [3.05, 3.63) is 88.5 Å². The van der Waals surface area contributed by atoms with Gasteiger partial charge in [-0.3, -0.25) is 9.52 Å². The van der Waals surface area contributed by atoms with Gasteiger partial charge in [-0.05, 0) is 125 Å². The quantitative estimate of drug-likeness (QED) is 0.139. The largest absolute Gasteiger partial charge is 0.481 e. The normalized spacial score (nSPS) is 12.1. The Hall–Kier alpha value is -3.62. The van der Waals surface area contributed by atoms with Crippen molar-refractivity contribution in [1.82, 2.24) is 10.3 Å². The summed E-state index contributed by atoms with van der Waals surface area (Å²) < 4.78 is 25.2. The van der Waals surface area contributed by atoms with E-state index in [1.165, 1.54) is 22.3 Å². The number of aromatic nitrogens is 1. The van der Waals surface area contributed by atoms with Crippen LogP contribution in [-0.2, 0) is 33.1 Å². The van der Waals surface area contributed by atoms with Crippen molar-refractivity contribution in [3.8, 4) is 11.3 Å². The lowest BCUT2D eigenvalue weighted by Crippen LogP contribution is -2.28. The van der Waals surface area contributed by atoms with Crippen molar-refractivity contribution in [2.75, 3.05) is 24.1 Å². The van der Waals surface area contributed by atoms with E-state index in [9.17, 15) is 18.3 Å². The van der Waals surface area contributed by atoms with E-state index in [1.54, 1.807) is 26.0 Å². The van der Waals surface area contributed by atoms with Gasteiger partial charge in [-0.1, -0.05) is 35.4 Å². The van der Waals surface area contributed by atoms with Crippen molar-refractivity contribution in [3.63, 3.8) is 0 Å². The molecule has 0 spiro atoms. The Labute approximate surface area is 243 Å². The predicted molar refractivity (Wildman–Crippen MR) is 168 cm³/mol. The lowest BCUT2D eigenvalue weighted by molar-refractivity contribution is -0.142. The number of sulfonamides is 1. The summed E-state index contributed by atoms with van der Waals surface area (Å²) in [6.45, 7) is 9.41. The summed E-state index contributed by atoms with van der Waals surface area (Å²) in [5.74, 6) is -0.841. The molecule has 0 fully saturated rings. The molecule has 0 radical (unpaired) electrons. The summed E-state index contributed by atoms with van der Waals surface area (Å²) >= 11 is 0. The number of anilines is 1. The van der Waals surface area contributed by atoms with Crippen molar-refractivity contribution < 1.29 is 18.3 Å². The molecule has 0 aliphatic carbocycles. The highest BCUT2D eigenvalue weighted by Crippen LogP contribution is 2.35. The van der Waals surface area contributed by atoms with E-state index in [1.807, 2.05) is 30.3 Å². The number of hydrogen-bond donors (Lipinski definition) is 4. The molecule has 0 unspecified atom stereocenters. The Morgan fingerprint density at radius 1 is 0.902 bits per heavy atom. The van der Waals surface area contributed by atoms with E-state index in [2.05, 4.69) is 47.1 Å². The second-order valence-corrected chi connectivity index (χ2v) is 13.3. The monoisotopic (exact) mass is 575 g/mol. The maximum Gasteiger partial charge on any atom is 0.313 e. The zero-order valence-electron chi connectivity index (χ0n) is 24.6. The average molecular weight is 576 g/mol. The standard InChI is InChI=1S/C33H41N3O4S/c1-22-18-23(2)20-25(19-22)31-28(29-21-26(11-14-30(29)35-31)33(3,4)32(37)38)15-17-34-16-7-6-8-24-9-12-27(13-10-24)36-41(5,39)40/h9-14,18-21,34-36H,6-8,15-17H2,1-5H3,(H,37,38). The molecule has 0 bridgehead atoms. The topological polar surface area (TPSA) is 111 Å². The number of aromatic amines is 1. The number of carbonyl (C=O) groups is 1. The summed E-state index contributed by atoms with van der Waals surface area (Å²) in [5.41, 5.74) is 8.42. The molecule has 0 aliphatic heterocycles. The summed E-state index contributed by atoms with van der Waals surface area (Å²) in [6.07, 6.45) is 4.95. The average Bonchev–Trinajstić information content (AvgIpc) is 3.25. The van der Waals surface area contributed by atoms with Gasteiger partial charge in [0.1, 0.15) is 0 Å². The molecule has 4 aromatic rings. The first kappa shape index (κ1) is 30.3. The molecule has 4 rings (SSSR count). The molecule has 218 valence electrons. The Morgan fingerprint density at radius 3 is 2.22 bits per heavy atom. The Bertz CT molecular complexity index is 1620. The SMILES string of the molecule is Cc1cc(C)cc(-c2[nH]c3ccc(C(C)(C)C(=O)O)cc3c2CCNCCCCc2ccc(NS(C)(=O)=O)cc2)c1. The number of fused-ring (bicyclic) bond motifs is 1. The minimum Gasteiger partial charge on any atom is -0.481 e. The van der Waals surface area contributed by atoms with E-state index in [0.717, 1.165) is 72.8 Å². The number of aryl methyl sites for hydroxylation is 3.